The highest BCUT2D eigenvalue weighted by molar-refractivity contribution is 6.07. The number of nitrogens with one attached hydrogen (secondary N) is 1. The first-order valence-electron chi connectivity index (χ1n) is 6.97. The van der Waals surface area contributed by atoms with Crippen LogP contribution in [0, 0.1) is 0 Å². The molecule has 1 heterocycles. The van der Waals surface area contributed by atoms with Crippen LogP contribution in [0.4, 0.5) is 11.4 Å². The SMILES string of the molecule is CNc1cccc(C(=O)N2CCCc3ccccc32)c1. The molecule has 3 rings (SSSR count). The van der Waals surface area contributed by atoms with Gasteiger partial charge >= 0.3 is 0 Å². The number of hydrogen-bond donors (Lipinski definition) is 1. The van der Waals surface area contributed by atoms with Crippen molar-refractivity contribution in [2.45, 2.75) is 12.8 Å². The lowest BCUT2D eigenvalue weighted by molar-refractivity contribution is 0.0985. The van der Waals surface area contributed by atoms with Gasteiger partial charge in [-0.2, -0.15) is 0 Å². The number of amides is 1. The Bertz CT molecular complexity index is 636. The Morgan fingerprint density at radius 3 is 2.85 bits per heavy atom. The minimum Gasteiger partial charge on any atom is -0.388 e. The quantitative estimate of drug-likeness (QED) is 0.904. The molecule has 0 atom stereocenters. The third-order valence-corrected chi connectivity index (χ3v) is 3.75. The van der Waals surface area contributed by atoms with Crippen molar-refractivity contribution in [3.63, 3.8) is 0 Å². The molecule has 0 radical (unpaired) electrons. The molecule has 2 aromatic rings. The number of hydrogen-bond acceptors (Lipinski definition) is 2. The molecule has 3 nitrogen and oxygen atoms in total. The number of para-hydroxylation sites is 1. The second kappa shape index (κ2) is 5.37. The summed E-state index contributed by atoms with van der Waals surface area (Å²) in [7, 11) is 1.86. The van der Waals surface area contributed by atoms with Crippen molar-refractivity contribution in [1.82, 2.24) is 0 Å². The molecule has 0 aromatic heterocycles. The average molecular weight is 266 g/mol. The molecule has 0 fully saturated rings. The summed E-state index contributed by atoms with van der Waals surface area (Å²) in [4.78, 5) is 14.6. The van der Waals surface area contributed by atoms with Crippen LogP contribution in [0.1, 0.15) is 22.3 Å². The van der Waals surface area contributed by atoms with Crippen molar-refractivity contribution in [3.8, 4) is 0 Å². The molecule has 1 amide bonds. The predicted molar refractivity (Wildman–Crippen MR) is 82.4 cm³/mol. The number of carbonyl (C=O) groups excluding carboxylic acids is 1. The van der Waals surface area contributed by atoms with Crippen LogP contribution < -0.4 is 10.2 Å². The molecule has 2 aromatic carbocycles. The summed E-state index contributed by atoms with van der Waals surface area (Å²) in [6.45, 7) is 0.791. The van der Waals surface area contributed by atoms with Gasteiger partial charge in [-0.15, -0.1) is 0 Å². The van der Waals surface area contributed by atoms with Gasteiger partial charge in [0.2, 0.25) is 0 Å². The van der Waals surface area contributed by atoms with E-state index in [1.54, 1.807) is 0 Å². The standard InChI is InChI=1S/C17H18N2O/c1-18-15-9-4-7-14(12-15)17(20)19-11-5-8-13-6-2-3-10-16(13)19/h2-4,6-7,9-10,12,18H,5,8,11H2,1H3. The summed E-state index contributed by atoms with van der Waals surface area (Å²) in [5.74, 6) is 0.0780. The van der Waals surface area contributed by atoms with Crippen LogP contribution >= 0.6 is 0 Å². The monoisotopic (exact) mass is 266 g/mol. The van der Waals surface area contributed by atoms with E-state index in [-0.39, 0.29) is 5.91 Å². The van der Waals surface area contributed by atoms with Crippen LogP contribution in [-0.4, -0.2) is 19.5 Å². The van der Waals surface area contributed by atoms with Gasteiger partial charge < -0.3 is 10.2 Å². The first kappa shape index (κ1) is 12.7. The first-order valence-corrected chi connectivity index (χ1v) is 6.97. The van der Waals surface area contributed by atoms with Gasteiger partial charge in [-0.25, -0.2) is 0 Å². The highest BCUT2D eigenvalue weighted by Crippen LogP contribution is 2.28. The largest absolute Gasteiger partial charge is 0.388 e. The van der Waals surface area contributed by atoms with Gasteiger partial charge in [0.15, 0.2) is 0 Å². The molecule has 102 valence electrons. The molecule has 0 unspecified atom stereocenters. The number of benzene rings is 2. The van der Waals surface area contributed by atoms with Gasteiger partial charge in [-0.1, -0.05) is 24.3 Å². The van der Waals surface area contributed by atoms with Gasteiger partial charge in [0.05, 0.1) is 0 Å². The fourth-order valence-corrected chi connectivity index (χ4v) is 2.71. The van der Waals surface area contributed by atoms with E-state index in [0.717, 1.165) is 36.3 Å². The van der Waals surface area contributed by atoms with Crippen LogP contribution in [-0.2, 0) is 6.42 Å². The third kappa shape index (κ3) is 2.27. The maximum atomic E-state index is 12.7. The number of nitrogens with zero attached hydrogens (tertiary/aromatic N) is 1. The molecule has 1 N–H and O–H groups in total. The number of anilines is 2. The molecule has 1 aliphatic rings. The summed E-state index contributed by atoms with van der Waals surface area (Å²) in [5, 5.41) is 3.07. The zero-order valence-corrected chi connectivity index (χ0v) is 11.6. The summed E-state index contributed by atoms with van der Waals surface area (Å²) in [6, 6.07) is 15.8. The molecular weight excluding hydrogens is 248 g/mol. The highest BCUT2D eigenvalue weighted by Gasteiger charge is 2.23. The molecule has 3 heteroatoms. The maximum Gasteiger partial charge on any atom is 0.258 e. The van der Waals surface area contributed by atoms with Gasteiger partial charge in [-0.3, -0.25) is 4.79 Å². The Hall–Kier alpha value is -2.29. The lowest BCUT2D eigenvalue weighted by atomic mass is 10.0. The Morgan fingerprint density at radius 2 is 2.00 bits per heavy atom. The van der Waals surface area contributed by atoms with Gasteiger partial charge in [0.1, 0.15) is 0 Å². The highest BCUT2D eigenvalue weighted by atomic mass is 16.2. The van der Waals surface area contributed by atoms with Crippen molar-refractivity contribution in [3.05, 3.63) is 59.7 Å². The van der Waals surface area contributed by atoms with Gasteiger partial charge in [0, 0.05) is 30.5 Å². The Kier molecular flexibility index (Phi) is 3.42. The van der Waals surface area contributed by atoms with Crippen LogP contribution in [0.2, 0.25) is 0 Å². The van der Waals surface area contributed by atoms with E-state index in [2.05, 4.69) is 11.4 Å². The Labute approximate surface area is 119 Å². The zero-order valence-electron chi connectivity index (χ0n) is 11.6. The number of aryl methyl sites for hydroxylation is 1. The summed E-state index contributed by atoms with van der Waals surface area (Å²) in [6.07, 6.45) is 2.07. The minimum atomic E-state index is 0.0780. The molecule has 0 saturated heterocycles. The summed E-state index contributed by atoms with van der Waals surface area (Å²) < 4.78 is 0. The van der Waals surface area contributed by atoms with Crippen molar-refractivity contribution < 1.29 is 4.79 Å². The Morgan fingerprint density at radius 1 is 1.15 bits per heavy atom. The molecule has 0 aliphatic carbocycles. The number of fused-ring (bicyclic) bond motifs is 1. The predicted octanol–water partition coefficient (Wildman–Crippen LogP) is 3.32. The normalized spacial score (nSPS) is 13.8. The van der Waals surface area contributed by atoms with E-state index in [1.165, 1.54) is 5.56 Å². The van der Waals surface area contributed by atoms with E-state index in [1.807, 2.05) is 54.4 Å². The van der Waals surface area contributed by atoms with E-state index in [0.29, 0.717) is 0 Å². The van der Waals surface area contributed by atoms with Crippen LogP contribution in [0.5, 0.6) is 0 Å². The van der Waals surface area contributed by atoms with Crippen LogP contribution in [0.15, 0.2) is 48.5 Å². The molecule has 0 saturated carbocycles. The maximum absolute atomic E-state index is 12.7. The molecular formula is C17H18N2O. The second-order valence-electron chi connectivity index (χ2n) is 5.02. The number of carbonyl (C=O) groups is 1. The fourth-order valence-electron chi connectivity index (χ4n) is 2.71. The zero-order chi connectivity index (χ0) is 13.9. The molecule has 20 heavy (non-hydrogen) atoms. The topological polar surface area (TPSA) is 32.3 Å². The lowest BCUT2D eigenvalue weighted by Crippen LogP contribution is -2.35. The summed E-state index contributed by atoms with van der Waals surface area (Å²) in [5.41, 5.74) is 4.00. The average Bonchev–Trinajstić information content (AvgIpc) is 2.53. The van der Waals surface area contributed by atoms with Gasteiger partial charge in [0.25, 0.3) is 5.91 Å². The third-order valence-electron chi connectivity index (χ3n) is 3.75. The number of rotatable bonds is 2. The first-order chi connectivity index (χ1) is 9.79. The molecule has 0 spiro atoms. The van der Waals surface area contributed by atoms with Crippen molar-refractivity contribution >= 4 is 17.3 Å². The van der Waals surface area contributed by atoms with Crippen molar-refractivity contribution in [1.29, 1.82) is 0 Å². The summed E-state index contributed by atoms with van der Waals surface area (Å²) >= 11 is 0. The Balaban J connectivity index is 1.95. The van der Waals surface area contributed by atoms with E-state index >= 15 is 0 Å². The molecule has 0 bridgehead atoms. The smallest absolute Gasteiger partial charge is 0.258 e. The van der Waals surface area contributed by atoms with Crippen LogP contribution in [0.25, 0.3) is 0 Å². The fraction of sp³-hybridized carbons (Fsp3) is 0.235. The van der Waals surface area contributed by atoms with Crippen molar-refractivity contribution in [2.24, 2.45) is 0 Å². The molecule has 1 aliphatic heterocycles. The van der Waals surface area contributed by atoms with Crippen molar-refractivity contribution in [2.75, 3.05) is 23.8 Å². The minimum absolute atomic E-state index is 0.0780. The van der Waals surface area contributed by atoms with Crippen LogP contribution in [0.3, 0.4) is 0 Å². The second-order valence-corrected chi connectivity index (χ2v) is 5.02. The van der Waals surface area contributed by atoms with E-state index in [4.69, 9.17) is 0 Å². The lowest BCUT2D eigenvalue weighted by Gasteiger charge is -2.29. The van der Waals surface area contributed by atoms with E-state index < -0.39 is 0 Å². The van der Waals surface area contributed by atoms with E-state index in [9.17, 15) is 4.79 Å². The van der Waals surface area contributed by atoms with Gasteiger partial charge in [-0.05, 0) is 42.7 Å².